The maximum absolute atomic E-state index is 12.6. The number of halogens is 3. The van der Waals surface area contributed by atoms with Crippen molar-refractivity contribution in [2.24, 2.45) is 0 Å². The minimum atomic E-state index is -5.35. The lowest BCUT2D eigenvalue weighted by Crippen LogP contribution is -2.23. The van der Waals surface area contributed by atoms with Crippen molar-refractivity contribution in [1.82, 2.24) is 4.98 Å². The standard InChI is InChI=1S/C14H8F3NO2S/c15-14(16,17)21(19,20)11-5-6-13-10(8-11)7-9-3-1-2-4-12(9)18-13/h1-8H. The van der Waals surface area contributed by atoms with E-state index in [2.05, 4.69) is 4.98 Å². The molecule has 0 fully saturated rings. The lowest BCUT2D eigenvalue weighted by atomic mass is 10.1. The summed E-state index contributed by atoms with van der Waals surface area (Å²) >= 11 is 0. The molecule has 0 atom stereocenters. The molecule has 2 aromatic carbocycles. The molecule has 0 saturated carbocycles. The van der Waals surface area contributed by atoms with Gasteiger partial charge in [-0.2, -0.15) is 13.2 Å². The Kier molecular flexibility index (Phi) is 2.91. The average molecular weight is 311 g/mol. The topological polar surface area (TPSA) is 47.0 Å². The van der Waals surface area contributed by atoms with Crippen LogP contribution in [0, 0.1) is 0 Å². The number of nitrogens with zero attached hydrogens (tertiary/aromatic N) is 1. The van der Waals surface area contributed by atoms with E-state index in [0.717, 1.165) is 17.5 Å². The molecule has 21 heavy (non-hydrogen) atoms. The quantitative estimate of drug-likeness (QED) is 0.644. The third-order valence-electron chi connectivity index (χ3n) is 3.10. The number of sulfone groups is 1. The molecule has 7 heteroatoms. The smallest absolute Gasteiger partial charge is 0.248 e. The van der Waals surface area contributed by atoms with Gasteiger partial charge in [-0.3, -0.25) is 0 Å². The first kappa shape index (κ1) is 13.8. The van der Waals surface area contributed by atoms with Gasteiger partial charge in [-0.1, -0.05) is 18.2 Å². The third-order valence-corrected chi connectivity index (χ3v) is 4.59. The molecule has 1 heterocycles. The van der Waals surface area contributed by atoms with E-state index in [9.17, 15) is 21.6 Å². The Morgan fingerprint density at radius 1 is 0.857 bits per heavy atom. The fourth-order valence-electron chi connectivity index (χ4n) is 2.06. The molecule has 3 rings (SSSR count). The summed E-state index contributed by atoms with van der Waals surface area (Å²) in [6.45, 7) is 0. The highest BCUT2D eigenvalue weighted by Crippen LogP contribution is 2.32. The van der Waals surface area contributed by atoms with Crippen molar-refractivity contribution in [3.05, 3.63) is 48.5 Å². The number of hydrogen-bond donors (Lipinski definition) is 0. The summed E-state index contributed by atoms with van der Waals surface area (Å²) in [6.07, 6.45) is 0. The van der Waals surface area contributed by atoms with Gasteiger partial charge in [0.2, 0.25) is 0 Å². The summed E-state index contributed by atoms with van der Waals surface area (Å²) in [5, 5.41) is 1.07. The van der Waals surface area contributed by atoms with Crippen LogP contribution in [0.5, 0.6) is 0 Å². The average Bonchev–Trinajstić information content (AvgIpc) is 2.43. The van der Waals surface area contributed by atoms with Crippen LogP contribution in [-0.2, 0) is 9.84 Å². The number of para-hydroxylation sites is 1. The van der Waals surface area contributed by atoms with Crippen LogP contribution in [0.3, 0.4) is 0 Å². The van der Waals surface area contributed by atoms with Gasteiger partial charge < -0.3 is 0 Å². The van der Waals surface area contributed by atoms with Crippen molar-refractivity contribution < 1.29 is 21.6 Å². The number of benzene rings is 2. The highest BCUT2D eigenvalue weighted by Gasteiger charge is 2.46. The second-order valence-corrected chi connectivity index (χ2v) is 6.43. The first-order chi connectivity index (χ1) is 9.79. The molecule has 0 aliphatic carbocycles. The van der Waals surface area contributed by atoms with Gasteiger partial charge in [-0.05, 0) is 30.3 Å². The van der Waals surface area contributed by atoms with Gasteiger partial charge in [0.25, 0.3) is 9.84 Å². The van der Waals surface area contributed by atoms with Crippen molar-refractivity contribution in [1.29, 1.82) is 0 Å². The van der Waals surface area contributed by atoms with Crippen molar-refractivity contribution in [2.75, 3.05) is 0 Å². The molecule has 1 aromatic heterocycles. The zero-order chi connectivity index (χ0) is 15.3. The van der Waals surface area contributed by atoms with E-state index in [1.807, 2.05) is 0 Å². The van der Waals surface area contributed by atoms with Crippen LogP contribution < -0.4 is 0 Å². The minimum absolute atomic E-state index is 0.346. The Morgan fingerprint density at radius 3 is 2.24 bits per heavy atom. The van der Waals surface area contributed by atoms with Crippen LogP contribution in [0.25, 0.3) is 21.8 Å². The lowest BCUT2D eigenvalue weighted by molar-refractivity contribution is -0.0435. The SMILES string of the molecule is O=S(=O)(c1ccc2nc3ccccc3cc2c1)C(F)(F)F. The zero-order valence-corrected chi connectivity index (χ0v) is 11.2. The summed E-state index contributed by atoms with van der Waals surface area (Å²) < 4.78 is 60.5. The predicted octanol–water partition coefficient (Wildman–Crippen LogP) is 3.68. The minimum Gasteiger partial charge on any atom is -0.248 e. The summed E-state index contributed by atoms with van der Waals surface area (Å²) in [5.74, 6) is 0. The van der Waals surface area contributed by atoms with Crippen molar-refractivity contribution >= 4 is 31.6 Å². The van der Waals surface area contributed by atoms with Gasteiger partial charge in [0.15, 0.2) is 0 Å². The highest BCUT2D eigenvalue weighted by atomic mass is 32.2. The Morgan fingerprint density at radius 2 is 1.52 bits per heavy atom. The van der Waals surface area contributed by atoms with Gasteiger partial charge in [-0.25, -0.2) is 13.4 Å². The maximum Gasteiger partial charge on any atom is 0.501 e. The molecule has 0 unspecified atom stereocenters. The zero-order valence-electron chi connectivity index (χ0n) is 10.4. The lowest BCUT2D eigenvalue weighted by Gasteiger charge is -2.09. The van der Waals surface area contributed by atoms with Crippen LogP contribution in [0.1, 0.15) is 0 Å². The molecule has 0 radical (unpaired) electrons. The third kappa shape index (κ3) is 2.23. The second kappa shape index (κ2) is 4.42. The van der Waals surface area contributed by atoms with E-state index >= 15 is 0 Å². The van der Waals surface area contributed by atoms with Crippen LogP contribution in [-0.4, -0.2) is 18.9 Å². The van der Waals surface area contributed by atoms with Crippen molar-refractivity contribution in [3.63, 3.8) is 0 Å². The first-order valence-electron chi connectivity index (χ1n) is 5.90. The molecule has 3 nitrogen and oxygen atoms in total. The van der Waals surface area contributed by atoms with Gasteiger partial charge in [0, 0.05) is 10.8 Å². The molecular weight excluding hydrogens is 303 g/mol. The number of fused-ring (bicyclic) bond motifs is 2. The first-order valence-corrected chi connectivity index (χ1v) is 7.38. The van der Waals surface area contributed by atoms with Crippen LogP contribution in [0.15, 0.2) is 53.4 Å². The Balaban J connectivity index is 2.28. The Bertz CT molecular complexity index is 949. The van der Waals surface area contributed by atoms with Crippen LogP contribution in [0.4, 0.5) is 13.2 Å². The molecule has 0 amide bonds. The molecule has 0 spiro atoms. The van der Waals surface area contributed by atoms with Gasteiger partial charge in [0.1, 0.15) is 0 Å². The summed E-state index contributed by atoms with van der Waals surface area (Å²) in [6, 6.07) is 11.9. The molecule has 108 valence electrons. The monoisotopic (exact) mass is 311 g/mol. The molecule has 0 N–H and O–H groups in total. The fraction of sp³-hybridized carbons (Fsp3) is 0.0714. The number of aromatic nitrogens is 1. The van der Waals surface area contributed by atoms with E-state index in [1.54, 1.807) is 30.3 Å². The summed E-state index contributed by atoms with van der Waals surface area (Å²) in [5.41, 5.74) is -4.18. The second-order valence-electron chi connectivity index (χ2n) is 4.48. The predicted molar refractivity (Wildman–Crippen MR) is 72.5 cm³/mol. The molecular formula is C14H8F3NO2S. The normalized spacial score (nSPS) is 12.9. The largest absolute Gasteiger partial charge is 0.501 e. The molecule has 0 saturated heterocycles. The van der Waals surface area contributed by atoms with Gasteiger partial charge in [0.05, 0.1) is 15.9 Å². The Labute approximate surface area is 118 Å². The Hall–Kier alpha value is -2.15. The maximum atomic E-state index is 12.6. The molecule has 0 aliphatic heterocycles. The highest BCUT2D eigenvalue weighted by molar-refractivity contribution is 7.92. The van der Waals surface area contributed by atoms with Crippen molar-refractivity contribution in [3.8, 4) is 0 Å². The number of pyridine rings is 1. The number of rotatable bonds is 1. The fourth-order valence-corrected chi connectivity index (χ4v) is 2.86. The van der Waals surface area contributed by atoms with E-state index in [1.165, 1.54) is 6.07 Å². The summed E-state index contributed by atoms with van der Waals surface area (Å²) in [4.78, 5) is 3.51. The van der Waals surface area contributed by atoms with Crippen molar-refractivity contribution in [2.45, 2.75) is 10.4 Å². The molecule has 0 bridgehead atoms. The number of alkyl halides is 3. The molecule has 3 aromatic rings. The van der Waals surface area contributed by atoms with E-state index in [4.69, 9.17) is 0 Å². The van der Waals surface area contributed by atoms with E-state index in [0.29, 0.717) is 16.4 Å². The molecule has 0 aliphatic rings. The van der Waals surface area contributed by atoms with Gasteiger partial charge in [-0.15, -0.1) is 0 Å². The van der Waals surface area contributed by atoms with E-state index < -0.39 is 20.2 Å². The van der Waals surface area contributed by atoms with Crippen LogP contribution in [0.2, 0.25) is 0 Å². The van der Waals surface area contributed by atoms with E-state index in [-0.39, 0.29) is 0 Å². The van der Waals surface area contributed by atoms with Gasteiger partial charge >= 0.3 is 5.51 Å². The van der Waals surface area contributed by atoms with Crippen LogP contribution >= 0.6 is 0 Å². The number of hydrogen-bond acceptors (Lipinski definition) is 3. The summed E-state index contributed by atoms with van der Waals surface area (Å²) in [7, 11) is -5.35.